The number of ether oxygens (including phenoxy) is 1. The Bertz CT molecular complexity index is 634. The molecule has 1 aromatic heterocycles. The van der Waals surface area contributed by atoms with E-state index in [2.05, 4.69) is 22.4 Å². The van der Waals surface area contributed by atoms with Crippen molar-refractivity contribution in [3.8, 4) is 5.75 Å². The summed E-state index contributed by atoms with van der Waals surface area (Å²) in [6.07, 6.45) is 1.04. The van der Waals surface area contributed by atoms with Crippen molar-refractivity contribution < 1.29 is 13.9 Å². The summed E-state index contributed by atoms with van der Waals surface area (Å²) < 4.78 is 19.2. The molecule has 0 unspecified atom stereocenters. The summed E-state index contributed by atoms with van der Waals surface area (Å²) in [6, 6.07) is 4.03. The average Bonchev–Trinajstić information content (AvgIpc) is 2.92. The van der Waals surface area contributed by atoms with Gasteiger partial charge in [-0.15, -0.1) is 10.2 Å². The number of rotatable bonds is 6. The molecule has 0 fully saturated rings. The Hall–Kier alpha value is -1.67. The topological polar surface area (TPSA) is 64.1 Å². The summed E-state index contributed by atoms with van der Waals surface area (Å²) in [6.45, 7) is 2.08. The molecule has 0 saturated heterocycles. The number of benzene rings is 1. The number of hydrogen-bond donors (Lipinski definition) is 1. The molecule has 0 aliphatic carbocycles. The van der Waals surface area contributed by atoms with Gasteiger partial charge in [-0.25, -0.2) is 4.39 Å². The lowest BCUT2D eigenvalue weighted by atomic mass is 10.2. The predicted octanol–water partition coefficient (Wildman–Crippen LogP) is 3.44. The Kier molecular flexibility index (Phi) is 5.51. The van der Waals surface area contributed by atoms with E-state index in [1.807, 2.05) is 0 Å². The van der Waals surface area contributed by atoms with Gasteiger partial charge in [-0.05, 0) is 24.6 Å². The molecule has 8 heteroatoms. The van der Waals surface area contributed by atoms with Crippen molar-refractivity contribution in [3.05, 3.63) is 29.6 Å². The lowest BCUT2D eigenvalue weighted by Gasteiger charge is -2.04. The molecule has 0 saturated carbocycles. The zero-order chi connectivity index (χ0) is 15.2. The van der Waals surface area contributed by atoms with Crippen molar-refractivity contribution in [1.29, 1.82) is 0 Å². The van der Waals surface area contributed by atoms with Gasteiger partial charge in [0.05, 0.1) is 7.11 Å². The molecule has 2 rings (SSSR count). The molecule has 5 nitrogen and oxygen atoms in total. The van der Waals surface area contributed by atoms with E-state index in [9.17, 15) is 9.18 Å². The number of nitrogens with zero attached hydrogens (tertiary/aromatic N) is 2. The minimum absolute atomic E-state index is 0.0979. The van der Waals surface area contributed by atoms with Gasteiger partial charge in [0, 0.05) is 11.3 Å². The molecule has 0 atom stereocenters. The number of halogens is 1. The lowest BCUT2D eigenvalue weighted by molar-refractivity contribution is 0.102. The van der Waals surface area contributed by atoms with Crippen LogP contribution in [0.25, 0.3) is 0 Å². The summed E-state index contributed by atoms with van der Waals surface area (Å²) in [4.78, 5) is 12.0. The van der Waals surface area contributed by atoms with E-state index in [1.165, 1.54) is 30.6 Å². The maximum absolute atomic E-state index is 13.6. The number of anilines is 1. The molecule has 0 aliphatic heterocycles. The van der Waals surface area contributed by atoms with Crippen LogP contribution >= 0.6 is 23.1 Å². The molecule has 1 N–H and O–H groups in total. The van der Waals surface area contributed by atoms with Crippen LogP contribution < -0.4 is 10.1 Å². The summed E-state index contributed by atoms with van der Waals surface area (Å²) >= 11 is 2.89. The van der Waals surface area contributed by atoms with Crippen LogP contribution in [0.1, 0.15) is 23.7 Å². The standard InChI is InChI=1S/C13H14FN3O2S2/c1-3-6-20-13-17-16-12(21-13)15-11(18)8-4-5-10(19-2)9(14)7-8/h4-5,7H,3,6H2,1-2H3,(H,15,16,18). The second-order valence-corrected chi connectivity index (χ2v) is 6.34. The van der Waals surface area contributed by atoms with Crippen LogP contribution in [0.4, 0.5) is 9.52 Å². The molecule has 0 aliphatic rings. The van der Waals surface area contributed by atoms with Gasteiger partial charge in [0.1, 0.15) is 0 Å². The average molecular weight is 327 g/mol. The van der Waals surface area contributed by atoms with Crippen LogP contribution in [-0.4, -0.2) is 29.0 Å². The second kappa shape index (κ2) is 7.37. The van der Waals surface area contributed by atoms with Crippen LogP contribution in [0.3, 0.4) is 0 Å². The van der Waals surface area contributed by atoms with E-state index in [4.69, 9.17) is 4.74 Å². The first kappa shape index (κ1) is 15.7. The Morgan fingerprint density at radius 2 is 2.29 bits per heavy atom. The first-order valence-electron chi connectivity index (χ1n) is 6.25. The maximum Gasteiger partial charge on any atom is 0.257 e. The van der Waals surface area contributed by atoms with Gasteiger partial charge in [0.2, 0.25) is 5.13 Å². The Labute approximate surface area is 129 Å². The fourth-order valence-electron chi connectivity index (χ4n) is 1.48. The van der Waals surface area contributed by atoms with E-state index in [0.717, 1.165) is 22.6 Å². The number of carbonyl (C=O) groups is 1. The lowest BCUT2D eigenvalue weighted by Crippen LogP contribution is -2.12. The third-order valence-electron chi connectivity index (χ3n) is 2.47. The first-order chi connectivity index (χ1) is 10.1. The summed E-state index contributed by atoms with van der Waals surface area (Å²) in [5, 5.41) is 10.9. The molecule has 1 heterocycles. The number of aromatic nitrogens is 2. The van der Waals surface area contributed by atoms with Gasteiger partial charge in [-0.3, -0.25) is 10.1 Å². The van der Waals surface area contributed by atoms with Gasteiger partial charge in [0.15, 0.2) is 15.9 Å². The predicted molar refractivity (Wildman–Crippen MR) is 81.8 cm³/mol. The molecule has 1 amide bonds. The SMILES string of the molecule is CCCSc1nnc(NC(=O)c2ccc(OC)c(F)c2)s1. The first-order valence-corrected chi connectivity index (χ1v) is 8.05. The fraction of sp³-hybridized carbons (Fsp3) is 0.308. The van der Waals surface area contributed by atoms with Crippen molar-refractivity contribution in [2.24, 2.45) is 0 Å². The van der Waals surface area contributed by atoms with Gasteiger partial charge < -0.3 is 4.74 Å². The molecule has 0 radical (unpaired) electrons. The normalized spacial score (nSPS) is 10.4. The van der Waals surface area contributed by atoms with Crippen LogP contribution in [0.15, 0.2) is 22.5 Å². The number of thioether (sulfide) groups is 1. The minimum Gasteiger partial charge on any atom is -0.494 e. The summed E-state index contributed by atoms with van der Waals surface area (Å²) in [7, 11) is 1.37. The number of hydrogen-bond acceptors (Lipinski definition) is 6. The number of methoxy groups -OCH3 is 1. The van der Waals surface area contributed by atoms with Crippen molar-refractivity contribution in [2.75, 3.05) is 18.2 Å². The molecule has 1 aromatic carbocycles. The maximum atomic E-state index is 13.6. The third kappa shape index (κ3) is 4.15. The molecule has 21 heavy (non-hydrogen) atoms. The smallest absolute Gasteiger partial charge is 0.257 e. The van der Waals surface area contributed by atoms with E-state index < -0.39 is 11.7 Å². The molecule has 112 valence electrons. The number of amides is 1. The molecular formula is C13H14FN3O2S2. The van der Waals surface area contributed by atoms with Gasteiger partial charge >= 0.3 is 0 Å². The second-order valence-electron chi connectivity index (χ2n) is 4.03. The minimum atomic E-state index is -0.582. The van der Waals surface area contributed by atoms with Gasteiger partial charge in [0.25, 0.3) is 5.91 Å². The summed E-state index contributed by atoms with van der Waals surface area (Å²) in [5.41, 5.74) is 0.200. The van der Waals surface area contributed by atoms with E-state index >= 15 is 0 Å². The van der Waals surface area contributed by atoms with Crippen molar-refractivity contribution in [3.63, 3.8) is 0 Å². The van der Waals surface area contributed by atoms with Crippen molar-refractivity contribution in [2.45, 2.75) is 17.7 Å². The van der Waals surface area contributed by atoms with Gasteiger partial charge in [-0.2, -0.15) is 0 Å². The summed E-state index contributed by atoms with van der Waals surface area (Å²) in [5.74, 6) is 0.0359. The van der Waals surface area contributed by atoms with Crippen LogP contribution in [-0.2, 0) is 0 Å². The highest BCUT2D eigenvalue weighted by molar-refractivity contribution is 8.01. The highest BCUT2D eigenvalue weighted by Gasteiger charge is 2.13. The Morgan fingerprint density at radius 3 is 2.95 bits per heavy atom. The molecule has 0 bridgehead atoms. The van der Waals surface area contributed by atoms with Crippen molar-refractivity contribution >= 4 is 34.1 Å². The van der Waals surface area contributed by atoms with E-state index in [0.29, 0.717) is 5.13 Å². The van der Waals surface area contributed by atoms with E-state index in [-0.39, 0.29) is 11.3 Å². The Balaban J connectivity index is 2.03. The van der Waals surface area contributed by atoms with Crippen LogP contribution in [0.5, 0.6) is 5.75 Å². The fourth-order valence-corrected chi connectivity index (χ4v) is 3.16. The molecular weight excluding hydrogens is 313 g/mol. The zero-order valence-corrected chi connectivity index (χ0v) is 13.2. The van der Waals surface area contributed by atoms with Gasteiger partial charge in [-0.1, -0.05) is 30.0 Å². The largest absolute Gasteiger partial charge is 0.494 e. The highest BCUT2D eigenvalue weighted by Crippen LogP contribution is 2.26. The Morgan fingerprint density at radius 1 is 1.48 bits per heavy atom. The monoisotopic (exact) mass is 327 g/mol. The number of nitrogens with one attached hydrogen (secondary N) is 1. The molecule has 2 aromatic rings. The van der Waals surface area contributed by atoms with Crippen LogP contribution in [0, 0.1) is 5.82 Å². The van der Waals surface area contributed by atoms with Crippen LogP contribution in [0.2, 0.25) is 0 Å². The number of carbonyl (C=O) groups excluding carboxylic acids is 1. The van der Waals surface area contributed by atoms with Crippen molar-refractivity contribution in [1.82, 2.24) is 10.2 Å². The third-order valence-corrected chi connectivity index (χ3v) is 4.65. The highest BCUT2D eigenvalue weighted by atomic mass is 32.2. The molecule has 0 spiro atoms. The van der Waals surface area contributed by atoms with E-state index in [1.54, 1.807) is 11.8 Å². The zero-order valence-electron chi connectivity index (χ0n) is 11.6. The quantitative estimate of drug-likeness (QED) is 0.650.